The van der Waals surface area contributed by atoms with Crippen molar-refractivity contribution < 1.29 is 13.7 Å². The molecule has 3 aromatic rings. The largest absolute Gasteiger partial charge is 0.461 e. The molecule has 0 bridgehead atoms. The molecule has 1 unspecified atom stereocenters. The predicted octanol–water partition coefficient (Wildman–Crippen LogP) is 2.97. The fourth-order valence-electron chi connectivity index (χ4n) is 2.11. The maximum atomic E-state index is 12.3. The molecule has 0 aliphatic rings. The van der Waals surface area contributed by atoms with Crippen LogP contribution in [0.25, 0.3) is 11.6 Å². The fourth-order valence-corrected chi connectivity index (χ4v) is 3.02. The molecule has 0 saturated heterocycles. The zero-order valence-corrected chi connectivity index (χ0v) is 14.3. The van der Waals surface area contributed by atoms with Crippen LogP contribution < -0.4 is 5.32 Å². The second-order valence-corrected chi connectivity index (χ2v) is 6.42. The molecule has 0 fully saturated rings. The summed E-state index contributed by atoms with van der Waals surface area (Å²) in [6.07, 6.45) is 1.59. The van der Waals surface area contributed by atoms with E-state index in [0.29, 0.717) is 34.9 Å². The molecule has 8 nitrogen and oxygen atoms in total. The molecule has 126 valence electrons. The van der Waals surface area contributed by atoms with Gasteiger partial charge >= 0.3 is 0 Å². The number of nitrogens with zero attached hydrogens (tertiary/aromatic N) is 4. The molecular formula is C15H17N5O3S. The number of aryl methyl sites for hydroxylation is 1. The van der Waals surface area contributed by atoms with Crippen molar-refractivity contribution in [1.29, 1.82) is 0 Å². The Bertz CT molecular complexity index is 824. The summed E-state index contributed by atoms with van der Waals surface area (Å²) in [6.45, 7) is 6.24. The smallest absolute Gasteiger partial charge is 0.240 e. The zero-order valence-electron chi connectivity index (χ0n) is 13.5. The summed E-state index contributed by atoms with van der Waals surface area (Å²) in [7, 11) is 0. The molecule has 0 aliphatic carbocycles. The number of furan rings is 1. The van der Waals surface area contributed by atoms with Gasteiger partial charge in [0.05, 0.1) is 17.2 Å². The first-order valence-corrected chi connectivity index (χ1v) is 8.34. The van der Waals surface area contributed by atoms with E-state index >= 15 is 0 Å². The minimum Gasteiger partial charge on any atom is -0.461 e. The van der Waals surface area contributed by atoms with Gasteiger partial charge in [0.15, 0.2) is 16.7 Å². The van der Waals surface area contributed by atoms with E-state index in [0.717, 1.165) is 0 Å². The van der Waals surface area contributed by atoms with Crippen molar-refractivity contribution in [2.45, 2.75) is 37.7 Å². The van der Waals surface area contributed by atoms with E-state index in [1.54, 1.807) is 32.2 Å². The summed E-state index contributed by atoms with van der Waals surface area (Å²) in [6, 6.07) is 5.29. The Balaban J connectivity index is 1.72. The molecule has 3 aromatic heterocycles. The Labute approximate surface area is 142 Å². The Hall–Kier alpha value is -2.55. The molecule has 3 rings (SSSR count). The molecule has 0 spiro atoms. The first-order chi connectivity index (χ1) is 11.6. The van der Waals surface area contributed by atoms with E-state index in [4.69, 9.17) is 8.94 Å². The molecule has 9 heteroatoms. The third-order valence-corrected chi connectivity index (χ3v) is 4.38. The summed E-state index contributed by atoms with van der Waals surface area (Å²) in [4.78, 5) is 12.3. The fraction of sp³-hybridized carbons (Fsp3) is 0.333. The molecule has 1 atom stereocenters. The minimum atomic E-state index is -0.380. The number of hydrogen-bond donors (Lipinski definition) is 1. The summed E-state index contributed by atoms with van der Waals surface area (Å²) in [5.74, 6) is 1.42. The second-order valence-electron chi connectivity index (χ2n) is 5.11. The topological polar surface area (TPSA) is 99.0 Å². The number of thioether (sulfide) groups is 1. The maximum absolute atomic E-state index is 12.3. The van der Waals surface area contributed by atoms with E-state index in [-0.39, 0.29) is 11.2 Å². The molecule has 0 radical (unpaired) electrons. The lowest BCUT2D eigenvalue weighted by atomic mass is 10.4. The van der Waals surface area contributed by atoms with Gasteiger partial charge in [-0.05, 0) is 32.9 Å². The van der Waals surface area contributed by atoms with Gasteiger partial charge in [-0.3, -0.25) is 14.7 Å². The Morgan fingerprint density at radius 3 is 2.92 bits per heavy atom. The first-order valence-electron chi connectivity index (χ1n) is 7.46. The number of nitrogens with one attached hydrogen (secondary N) is 1. The predicted molar refractivity (Wildman–Crippen MR) is 88.6 cm³/mol. The van der Waals surface area contributed by atoms with Crippen molar-refractivity contribution >= 4 is 23.6 Å². The Morgan fingerprint density at radius 2 is 2.29 bits per heavy atom. The van der Waals surface area contributed by atoms with Gasteiger partial charge in [0, 0.05) is 12.6 Å². The molecule has 3 heterocycles. The van der Waals surface area contributed by atoms with Crippen molar-refractivity contribution in [2.24, 2.45) is 0 Å². The lowest BCUT2D eigenvalue weighted by Crippen LogP contribution is -2.22. The van der Waals surface area contributed by atoms with Gasteiger partial charge in [-0.25, -0.2) is 0 Å². The number of aromatic nitrogens is 4. The summed E-state index contributed by atoms with van der Waals surface area (Å²) >= 11 is 1.32. The molecule has 0 aromatic carbocycles. The molecule has 24 heavy (non-hydrogen) atoms. The number of carbonyl (C=O) groups excluding carboxylic acids is 1. The summed E-state index contributed by atoms with van der Waals surface area (Å²) < 4.78 is 12.3. The van der Waals surface area contributed by atoms with Gasteiger partial charge in [-0.1, -0.05) is 16.9 Å². The van der Waals surface area contributed by atoms with Crippen LogP contribution in [0, 0.1) is 6.92 Å². The molecule has 1 N–H and O–H groups in total. The molecule has 0 aliphatic heterocycles. The molecule has 0 saturated carbocycles. The van der Waals surface area contributed by atoms with E-state index in [1.165, 1.54) is 11.8 Å². The van der Waals surface area contributed by atoms with E-state index in [1.807, 2.05) is 17.6 Å². The van der Waals surface area contributed by atoms with E-state index < -0.39 is 0 Å². The highest BCUT2D eigenvalue weighted by atomic mass is 32.2. The number of amides is 1. The highest BCUT2D eigenvalue weighted by molar-refractivity contribution is 8.00. The van der Waals surface area contributed by atoms with Gasteiger partial charge in [0.25, 0.3) is 0 Å². The van der Waals surface area contributed by atoms with Crippen LogP contribution in [-0.4, -0.2) is 31.1 Å². The SMILES string of the molecule is CCn1c(SC(C)C(=O)Nc2cc(C)no2)nnc1-c1ccco1. The molecular weight excluding hydrogens is 330 g/mol. The second kappa shape index (κ2) is 6.91. The minimum absolute atomic E-state index is 0.193. The van der Waals surface area contributed by atoms with Crippen molar-refractivity contribution in [3.05, 3.63) is 30.2 Å². The van der Waals surface area contributed by atoms with Crippen LogP contribution in [-0.2, 0) is 11.3 Å². The average Bonchev–Trinajstić information content (AvgIpc) is 3.27. The average molecular weight is 347 g/mol. The number of rotatable bonds is 6. The first kappa shape index (κ1) is 16.3. The van der Waals surface area contributed by atoms with Gasteiger partial charge in [-0.15, -0.1) is 10.2 Å². The van der Waals surface area contributed by atoms with Crippen molar-refractivity contribution in [1.82, 2.24) is 19.9 Å². The maximum Gasteiger partial charge on any atom is 0.240 e. The standard InChI is InChI=1S/C15H17N5O3S/c1-4-20-13(11-6-5-7-22-11)17-18-15(20)24-10(3)14(21)16-12-8-9(2)19-23-12/h5-8,10H,4H2,1-3H3,(H,16,21). The lowest BCUT2D eigenvalue weighted by molar-refractivity contribution is -0.115. The third kappa shape index (κ3) is 3.35. The zero-order chi connectivity index (χ0) is 17.1. The van der Waals surface area contributed by atoms with Gasteiger partial charge in [0.2, 0.25) is 11.8 Å². The van der Waals surface area contributed by atoms with Crippen LogP contribution in [0.4, 0.5) is 5.88 Å². The van der Waals surface area contributed by atoms with Crippen LogP contribution in [0.5, 0.6) is 0 Å². The van der Waals surface area contributed by atoms with Gasteiger partial charge in [-0.2, -0.15) is 0 Å². The highest BCUT2D eigenvalue weighted by Gasteiger charge is 2.22. The van der Waals surface area contributed by atoms with E-state index in [9.17, 15) is 4.79 Å². The van der Waals surface area contributed by atoms with Crippen LogP contribution in [0.2, 0.25) is 0 Å². The Morgan fingerprint density at radius 1 is 1.46 bits per heavy atom. The normalized spacial score (nSPS) is 12.3. The lowest BCUT2D eigenvalue weighted by Gasteiger charge is -2.10. The quantitative estimate of drug-likeness (QED) is 0.684. The van der Waals surface area contributed by atoms with Crippen molar-refractivity contribution in [3.63, 3.8) is 0 Å². The third-order valence-electron chi connectivity index (χ3n) is 3.30. The van der Waals surface area contributed by atoms with Crippen LogP contribution >= 0.6 is 11.8 Å². The number of carbonyl (C=O) groups is 1. The Kier molecular flexibility index (Phi) is 4.70. The van der Waals surface area contributed by atoms with Gasteiger partial charge in [0.1, 0.15) is 0 Å². The van der Waals surface area contributed by atoms with Crippen molar-refractivity contribution in [2.75, 3.05) is 5.32 Å². The summed E-state index contributed by atoms with van der Waals surface area (Å²) in [5.41, 5.74) is 0.708. The molecule has 1 amide bonds. The van der Waals surface area contributed by atoms with Crippen LogP contribution in [0.1, 0.15) is 19.5 Å². The number of hydrogen-bond acceptors (Lipinski definition) is 7. The van der Waals surface area contributed by atoms with Crippen LogP contribution in [0.15, 0.2) is 38.6 Å². The van der Waals surface area contributed by atoms with Gasteiger partial charge < -0.3 is 8.94 Å². The van der Waals surface area contributed by atoms with E-state index in [2.05, 4.69) is 20.7 Å². The number of anilines is 1. The summed E-state index contributed by atoms with van der Waals surface area (Å²) in [5, 5.41) is 15.0. The monoisotopic (exact) mass is 347 g/mol. The van der Waals surface area contributed by atoms with Crippen LogP contribution in [0.3, 0.4) is 0 Å². The highest BCUT2D eigenvalue weighted by Crippen LogP contribution is 2.27. The van der Waals surface area contributed by atoms with Crippen molar-refractivity contribution in [3.8, 4) is 11.6 Å².